The Morgan fingerprint density at radius 1 is 1.44 bits per heavy atom. The first-order chi connectivity index (χ1) is 7.55. The molecule has 0 aliphatic heterocycles. The van der Waals surface area contributed by atoms with E-state index in [-0.39, 0.29) is 12.2 Å². The Labute approximate surface area is 93.3 Å². The van der Waals surface area contributed by atoms with Crippen molar-refractivity contribution in [3.63, 3.8) is 0 Å². The lowest BCUT2D eigenvalue weighted by Gasteiger charge is -2.30. The van der Waals surface area contributed by atoms with Crippen LogP contribution in [0, 0.1) is 11.6 Å². The molecule has 1 saturated carbocycles. The zero-order chi connectivity index (χ0) is 11.8. The Bertz CT molecular complexity index is 393. The zero-order valence-electron chi connectivity index (χ0n) is 9.13. The maximum absolute atomic E-state index is 13.6. The number of benzene rings is 1. The molecule has 1 aromatic rings. The van der Waals surface area contributed by atoms with Crippen molar-refractivity contribution in [3.8, 4) is 0 Å². The van der Waals surface area contributed by atoms with Gasteiger partial charge in [0.25, 0.3) is 0 Å². The molecular formula is C12H15F2NO. The Balaban J connectivity index is 2.33. The second kappa shape index (κ2) is 4.11. The molecule has 0 amide bonds. The molecule has 0 saturated heterocycles. The van der Waals surface area contributed by atoms with Gasteiger partial charge in [-0.3, -0.25) is 0 Å². The molecule has 1 aliphatic rings. The maximum Gasteiger partial charge on any atom is 0.128 e. The highest BCUT2D eigenvalue weighted by atomic mass is 19.1. The molecule has 0 bridgehead atoms. The Morgan fingerprint density at radius 3 is 2.69 bits per heavy atom. The van der Waals surface area contributed by atoms with Crippen molar-refractivity contribution in [2.45, 2.75) is 31.3 Å². The van der Waals surface area contributed by atoms with Crippen molar-refractivity contribution in [3.05, 3.63) is 35.4 Å². The summed E-state index contributed by atoms with van der Waals surface area (Å²) in [5, 5.41) is 12.5. The predicted molar refractivity (Wildman–Crippen MR) is 57.0 cm³/mol. The van der Waals surface area contributed by atoms with Gasteiger partial charge in [-0.1, -0.05) is 0 Å². The Kier molecular flexibility index (Phi) is 2.95. The summed E-state index contributed by atoms with van der Waals surface area (Å²) in [4.78, 5) is 0. The largest absolute Gasteiger partial charge is 0.394 e. The number of rotatable bonds is 4. The molecule has 2 rings (SSSR count). The van der Waals surface area contributed by atoms with Gasteiger partial charge in [0.2, 0.25) is 0 Å². The van der Waals surface area contributed by atoms with Crippen molar-refractivity contribution < 1.29 is 13.9 Å². The van der Waals surface area contributed by atoms with E-state index in [1.165, 1.54) is 0 Å². The number of nitrogens with one attached hydrogen (secondary N) is 1. The van der Waals surface area contributed by atoms with Crippen molar-refractivity contribution in [1.29, 1.82) is 0 Å². The van der Waals surface area contributed by atoms with E-state index in [4.69, 9.17) is 0 Å². The molecule has 1 atom stereocenters. The molecular weight excluding hydrogens is 212 g/mol. The summed E-state index contributed by atoms with van der Waals surface area (Å²) < 4.78 is 26.7. The lowest BCUT2D eigenvalue weighted by atomic mass is 9.92. The SMILES string of the molecule is CC(CO)(NC1CC1)c1cc(F)ccc1F. The fourth-order valence-electron chi connectivity index (χ4n) is 1.81. The third-order valence-corrected chi connectivity index (χ3v) is 2.94. The van der Waals surface area contributed by atoms with Crippen LogP contribution in [0.25, 0.3) is 0 Å². The highest BCUT2D eigenvalue weighted by Crippen LogP contribution is 2.30. The van der Waals surface area contributed by atoms with Crippen LogP contribution in [0.3, 0.4) is 0 Å². The van der Waals surface area contributed by atoms with Crippen molar-refractivity contribution in [2.75, 3.05) is 6.61 Å². The first kappa shape index (κ1) is 11.5. The molecule has 1 unspecified atom stereocenters. The van der Waals surface area contributed by atoms with Gasteiger partial charge in [-0.15, -0.1) is 0 Å². The van der Waals surface area contributed by atoms with Crippen molar-refractivity contribution in [2.24, 2.45) is 0 Å². The molecule has 0 heterocycles. The number of hydrogen-bond donors (Lipinski definition) is 2. The van der Waals surface area contributed by atoms with Crippen LogP contribution in [0.5, 0.6) is 0 Å². The quantitative estimate of drug-likeness (QED) is 0.823. The molecule has 4 heteroatoms. The van der Waals surface area contributed by atoms with E-state index >= 15 is 0 Å². The summed E-state index contributed by atoms with van der Waals surface area (Å²) >= 11 is 0. The lowest BCUT2D eigenvalue weighted by molar-refractivity contribution is 0.169. The number of hydrogen-bond acceptors (Lipinski definition) is 2. The number of aliphatic hydroxyl groups excluding tert-OH is 1. The molecule has 0 aromatic heterocycles. The van der Waals surface area contributed by atoms with E-state index in [9.17, 15) is 13.9 Å². The van der Waals surface area contributed by atoms with E-state index in [0.29, 0.717) is 6.04 Å². The topological polar surface area (TPSA) is 32.3 Å². The third kappa shape index (κ3) is 2.23. The van der Waals surface area contributed by atoms with Crippen molar-refractivity contribution in [1.82, 2.24) is 5.32 Å². The smallest absolute Gasteiger partial charge is 0.128 e. The van der Waals surface area contributed by atoms with E-state index in [1.54, 1.807) is 6.92 Å². The van der Waals surface area contributed by atoms with Crippen LogP contribution in [0.15, 0.2) is 18.2 Å². The minimum absolute atomic E-state index is 0.182. The molecule has 1 fully saturated rings. The molecule has 16 heavy (non-hydrogen) atoms. The molecule has 0 spiro atoms. The number of halogens is 2. The Hall–Kier alpha value is -1.00. The summed E-state index contributed by atoms with van der Waals surface area (Å²) in [6.07, 6.45) is 2.04. The van der Waals surface area contributed by atoms with Crippen LogP contribution in [0.1, 0.15) is 25.3 Å². The van der Waals surface area contributed by atoms with Gasteiger partial charge in [0.05, 0.1) is 12.1 Å². The van der Waals surface area contributed by atoms with Crippen LogP contribution >= 0.6 is 0 Å². The second-order valence-electron chi connectivity index (χ2n) is 4.53. The zero-order valence-corrected chi connectivity index (χ0v) is 9.13. The van der Waals surface area contributed by atoms with Gasteiger partial charge in [-0.2, -0.15) is 0 Å². The van der Waals surface area contributed by atoms with Gasteiger partial charge in [-0.25, -0.2) is 8.78 Å². The average Bonchev–Trinajstić information content (AvgIpc) is 3.05. The van der Waals surface area contributed by atoms with Crippen LogP contribution in [0.2, 0.25) is 0 Å². The molecule has 2 nitrogen and oxygen atoms in total. The second-order valence-corrected chi connectivity index (χ2v) is 4.53. The van der Waals surface area contributed by atoms with Gasteiger partial charge in [0.15, 0.2) is 0 Å². The summed E-state index contributed by atoms with van der Waals surface area (Å²) in [5.41, 5.74) is -0.727. The normalized spacial score (nSPS) is 19.5. The summed E-state index contributed by atoms with van der Waals surface area (Å²) in [7, 11) is 0. The van der Waals surface area contributed by atoms with Gasteiger partial charge >= 0.3 is 0 Å². The monoisotopic (exact) mass is 227 g/mol. The van der Waals surface area contributed by atoms with E-state index in [1.807, 2.05) is 0 Å². The highest BCUT2D eigenvalue weighted by Gasteiger charge is 2.35. The highest BCUT2D eigenvalue weighted by molar-refractivity contribution is 5.27. The van der Waals surface area contributed by atoms with Crippen LogP contribution in [-0.2, 0) is 5.54 Å². The molecule has 0 radical (unpaired) electrons. The maximum atomic E-state index is 13.6. The van der Waals surface area contributed by atoms with Crippen LogP contribution < -0.4 is 5.32 Å². The minimum Gasteiger partial charge on any atom is -0.394 e. The first-order valence-electron chi connectivity index (χ1n) is 5.39. The average molecular weight is 227 g/mol. The third-order valence-electron chi connectivity index (χ3n) is 2.94. The first-order valence-corrected chi connectivity index (χ1v) is 5.39. The van der Waals surface area contributed by atoms with Gasteiger partial charge in [-0.05, 0) is 38.0 Å². The fourth-order valence-corrected chi connectivity index (χ4v) is 1.81. The van der Waals surface area contributed by atoms with Gasteiger partial charge < -0.3 is 10.4 Å². The summed E-state index contributed by atoms with van der Waals surface area (Å²) in [5.74, 6) is -0.986. The van der Waals surface area contributed by atoms with Crippen molar-refractivity contribution >= 4 is 0 Å². The van der Waals surface area contributed by atoms with E-state index < -0.39 is 17.2 Å². The van der Waals surface area contributed by atoms with Crippen LogP contribution in [0.4, 0.5) is 8.78 Å². The van der Waals surface area contributed by atoms with E-state index in [0.717, 1.165) is 31.0 Å². The predicted octanol–water partition coefficient (Wildman–Crippen LogP) is 1.92. The van der Waals surface area contributed by atoms with Gasteiger partial charge in [0.1, 0.15) is 11.6 Å². The van der Waals surface area contributed by atoms with Crippen LogP contribution in [-0.4, -0.2) is 17.8 Å². The fraction of sp³-hybridized carbons (Fsp3) is 0.500. The molecule has 88 valence electrons. The molecule has 2 N–H and O–H groups in total. The minimum atomic E-state index is -0.909. The van der Waals surface area contributed by atoms with Gasteiger partial charge in [0, 0.05) is 11.6 Å². The summed E-state index contributed by atoms with van der Waals surface area (Å²) in [6, 6.07) is 3.61. The molecule has 1 aliphatic carbocycles. The molecule has 1 aromatic carbocycles. The number of aliphatic hydroxyl groups is 1. The van der Waals surface area contributed by atoms with E-state index in [2.05, 4.69) is 5.32 Å². The summed E-state index contributed by atoms with van der Waals surface area (Å²) in [6.45, 7) is 1.42. The standard InChI is InChI=1S/C12H15F2NO/c1-12(7-16,15-9-3-4-9)10-6-8(13)2-5-11(10)14/h2,5-6,9,15-16H,3-4,7H2,1H3. The lowest BCUT2D eigenvalue weighted by Crippen LogP contribution is -2.44. The Morgan fingerprint density at radius 2 is 2.12 bits per heavy atom.